The van der Waals surface area contributed by atoms with E-state index < -0.39 is 337 Å². The molecule has 1 aromatic rings. The Morgan fingerprint density at radius 1 is 0.493 bits per heavy atom. The van der Waals surface area contributed by atoms with Gasteiger partial charge in [0.25, 0.3) is 0 Å². The molecule has 59 heteroatoms. The van der Waals surface area contributed by atoms with Crippen LogP contribution in [0.4, 0.5) is 0 Å². The van der Waals surface area contributed by atoms with Gasteiger partial charge in [-0.25, -0.2) is 4.98 Å². The molecule has 2 bridgehead atoms. The average Bonchev–Trinajstić information content (AvgIpc) is 1.66. The average molecular weight is 2030 g/mol. The Bertz CT molecular complexity index is 4470. The van der Waals surface area contributed by atoms with Crippen molar-refractivity contribution in [1.82, 2.24) is 111 Å². The number of nitrogens with two attached hydrogens (primary N) is 8. The van der Waals surface area contributed by atoms with Crippen LogP contribution < -0.4 is 142 Å². The standard InChI is InChI=1S/C79H131N31O24S4/c1-35(2)26-49-70(127)107-51-31-136-135-30-41(81)63(120)105-50(28-57(84)114)71(128)108-53(73(130)99-42(12-7-8-22-80)64(121)96-38(5)77(134)110-25-11-15-54(110)75(132)102-47(18-21-58(115)116)69(126)109-59(39(6)111)76(133)95-37(4)62(119)104-49)33-138-137-32-52(106-66(123)44(14-10-24-92-79(88)89)98-65(122)43(13-9-23-91-78(86)87)97-61(118)36(3)94-72(51)129)74(131)101-45(16-19-55(82)112)67(124)100-46(17-20-56(83)113)68(125)103-48(60(85)117)27-40-29-90-34-93-40/h29,34-39,41-54,59,111H,7-28,30-33,80-81H2,1-6H3,(H2,82,112)(H2,83,113)(H2,84,114)(H2,85,117)(H,90,93)(H,94,129)(H,95,133)(H,96,121)(H,97,118)(H,98,122)(H,99,130)(H,100,124)(H,101,131)(H,102,132)(H,103,125)(H,104,119)(H,105,120)(H,106,123)(H,107,127)(H,108,128)(H,109,126)(H,115,116)(H4,86,87,91)(H4,88,89,92). The first-order valence-electron chi connectivity index (χ1n) is 44.3. The molecule has 19 unspecified atom stereocenters. The van der Waals surface area contributed by atoms with E-state index in [1.54, 1.807) is 13.8 Å². The lowest BCUT2D eigenvalue weighted by Gasteiger charge is -2.30. The molecule has 55 nitrogen and oxygen atoms in total. The summed E-state index contributed by atoms with van der Waals surface area (Å²) in [5.41, 5.74) is 46.1. The summed E-state index contributed by atoms with van der Waals surface area (Å²) < 4.78 is 0. The van der Waals surface area contributed by atoms with Gasteiger partial charge < -0.3 is 162 Å². The van der Waals surface area contributed by atoms with E-state index in [4.69, 9.17) is 56.7 Å². The third-order valence-corrected chi connectivity index (χ3v) is 26.1. The molecule has 39 N–H and O–H groups in total. The number of rotatable bonds is 35. The highest BCUT2D eigenvalue weighted by Crippen LogP contribution is 2.27. The van der Waals surface area contributed by atoms with Crippen LogP contribution in [-0.2, 0) is 112 Å². The van der Waals surface area contributed by atoms with Gasteiger partial charge in [0.1, 0.15) is 103 Å². The molecule has 0 radical (unpaired) electrons. The van der Waals surface area contributed by atoms with Gasteiger partial charge in [0.15, 0.2) is 11.9 Å². The summed E-state index contributed by atoms with van der Waals surface area (Å²) in [5.74, 6) is -29.3. The summed E-state index contributed by atoms with van der Waals surface area (Å²) in [7, 11) is 2.86. The van der Waals surface area contributed by atoms with Gasteiger partial charge in [-0.05, 0) is 124 Å². The van der Waals surface area contributed by atoms with Crippen LogP contribution in [-0.4, -0.2) is 331 Å². The van der Waals surface area contributed by atoms with Crippen LogP contribution in [0.3, 0.4) is 0 Å². The fourth-order valence-corrected chi connectivity index (χ4v) is 18.3. The Hall–Kier alpha value is -12.6. The summed E-state index contributed by atoms with van der Waals surface area (Å²) in [6.45, 7) is 7.48. The highest BCUT2D eigenvalue weighted by molar-refractivity contribution is 8.77. The quantitative estimate of drug-likeness (QED) is 0.0130. The zero-order valence-corrected chi connectivity index (χ0v) is 80.4. The summed E-state index contributed by atoms with van der Waals surface area (Å²) in [6, 6.07) is -31.5. The van der Waals surface area contributed by atoms with Crippen LogP contribution in [0.15, 0.2) is 12.5 Å². The molecule has 3 saturated heterocycles. The second-order valence-electron chi connectivity index (χ2n) is 33.2. The minimum absolute atomic E-state index is 0.0326. The number of imidazole rings is 1. The van der Waals surface area contributed by atoms with Crippen molar-refractivity contribution < 1.29 is 116 Å². The number of guanidine groups is 2. The number of aliphatic carboxylic acids is 1. The number of nitrogens with zero attached hydrogens (tertiary/aromatic N) is 2. The molecule has 1 aromatic heterocycles. The van der Waals surface area contributed by atoms with Crippen molar-refractivity contribution in [3.05, 3.63) is 18.2 Å². The van der Waals surface area contributed by atoms with E-state index in [1.807, 2.05) is 0 Å². The number of carbonyl (C=O) groups excluding carboxylic acids is 21. The fourth-order valence-electron chi connectivity index (χ4n) is 13.7. The van der Waals surface area contributed by atoms with Crippen molar-refractivity contribution in [1.29, 1.82) is 10.8 Å². The van der Waals surface area contributed by atoms with Crippen LogP contribution in [0.25, 0.3) is 0 Å². The largest absolute Gasteiger partial charge is 0.481 e. The maximum atomic E-state index is 15.4. The Labute approximate surface area is 809 Å². The van der Waals surface area contributed by atoms with E-state index in [2.05, 4.69) is 106 Å². The van der Waals surface area contributed by atoms with Crippen molar-refractivity contribution in [3.8, 4) is 0 Å². The van der Waals surface area contributed by atoms with Crippen molar-refractivity contribution >= 4 is 185 Å². The number of unbranched alkanes of at least 4 members (excludes halogenated alkanes) is 1. The molecule has 4 rings (SSSR count). The van der Waals surface area contributed by atoms with Gasteiger partial charge in [-0.1, -0.05) is 57.0 Å². The Morgan fingerprint density at radius 2 is 0.942 bits per heavy atom. The van der Waals surface area contributed by atoms with E-state index in [1.165, 1.54) is 19.4 Å². The summed E-state index contributed by atoms with van der Waals surface area (Å²) >= 11 is 0. The van der Waals surface area contributed by atoms with Gasteiger partial charge in [-0.3, -0.25) is 116 Å². The molecular weight excluding hydrogens is 1900 g/mol. The second kappa shape index (κ2) is 60.2. The first kappa shape index (κ1) is 118. The predicted molar refractivity (Wildman–Crippen MR) is 502 cm³/mol. The molecule has 3 fully saturated rings. The zero-order valence-electron chi connectivity index (χ0n) is 77.1. The van der Waals surface area contributed by atoms with Gasteiger partial charge in [-0.2, -0.15) is 0 Å². The number of fused-ring (bicyclic) bond motifs is 12. The lowest BCUT2D eigenvalue weighted by molar-refractivity contribution is -0.142. The molecule has 770 valence electrons. The third-order valence-electron chi connectivity index (χ3n) is 21.2. The number of hydrogen-bond acceptors (Lipinski definition) is 32. The Kier molecular flexibility index (Phi) is 51.3. The van der Waals surface area contributed by atoms with Crippen molar-refractivity contribution in [2.24, 2.45) is 51.8 Å². The molecule has 21 amide bonds. The van der Waals surface area contributed by atoms with Crippen LogP contribution in [0.1, 0.15) is 156 Å². The topological polar surface area (TPSA) is 920 Å². The zero-order chi connectivity index (χ0) is 103. The van der Waals surface area contributed by atoms with Crippen molar-refractivity contribution in [2.45, 2.75) is 272 Å². The van der Waals surface area contributed by atoms with Crippen LogP contribution >= 0.6 is 43.2 Å². The molecule has 4 heterocycles. The molecule has 19 atom stereocenters. The van der Waals surface area contributed by atoms with Crippen molar-refractivity contribution in [3.63, 3.8) is 0 Å². The lowest BCUT2D eigenvalue weighted by Crippen LogP contribution is -2.61. The summed E-state index contributed by atoms with van der Waals surface area (Å²) in [4.78, 5) is 320. The number of amides is 21. The van der Waals surface area contributed by atoms with E-state index in [-0.39, 0.29) is 96.1 Å². The lowest BCUT2D eigenvalue weighted by atomic mass is 10.0. The van der Waals surface area contributed by atoms with E-state index >= 15 is 19.2 Å². The predicted octanol–water partition coefficient (Wildman–Crippen LogP) is -12.3. The Morgan fingerprint density at radius 3 is 1.46 bits per heavy atom. The number of H-pyrrole nitrogens is 1. The van der Waals surface area contributed by atoms with E-state index in [0.29, 0.717) is 21.6 Å². The minimum Gasteiger partial charge on any atom is -0.481 e. The molecular formula is C79H131N31O24S4. The maximum absolute atomic E-state index is 15.4. The molecule has 0 saturated carbocycles. The number of aliphatic hydroxyl groups is 1. The molecule has 0 aromatic carbocycles. The van der Waals surface area contributed by atoms with Crippen LogP contribution in [0.5, 0.6) is 0 Å². The minimum atomic E-state index is -2.01. The Balaban J connectivity index is 2.11. The number of carbonyl (C=O) groups is 22. The monoisotopic (exact) mass is 2030 g/mol. The first-order chi connectivity index (χ1) is 65.0. The molecule has 0 aliphatic carbocycles. The molecule has 3 aliphatic rings. The molecule has 0 spiro atoms. The molecule has 3 aliphatic heterocycles. The number of carboxylic acid groups (broad SMARTS) is 1. The van der Waals surface area contributed by atoms with Crippen LogP contribution in [0.2, 0.25) is 0 Å². The van der Waals surface area contributed by atoms with E-state index in [0.717, 1.165) is 47.3 Å². The number of carboxylic acids is 1. The molecule has 138 heavy (non-hydrogen) atoms. The van der Waals surface area contributed by atoms with E-state index in [9.17, 15) is 96.5 Å². The van der Waals surface area contributed by atoms with Gasteiger partial charge >= 0.3 is 5.97 Å². The SMILES string of the molecule is CC(C)CC1NC(=O)C(C)NC(=O)C(C(C)O)NC(=O)C(CCC(=O)O)NC(=O)C2CCCN2C(=O)C(C)NC(=O)C(CCCCN)NC(=O)C2CSSCC(C(=O)NC(CCC(N)=O)C(=O)NC(CCC(N)=O)C(=O)NC(Cc3c[nH]cn3)C(N)=O)NC(=O)C(CCCNC(=N)N)NC(=O)C(CCCNC(=N)N)NC(=O)C(C)NC(=O)C(CSSCC(N)C(=O)NC(CC(N)=O)C(=O)N2)NC1=O. The van der Waals surface area contributed by atoms with Gasteiger partial charge in [0.2, 0.25) is 124 Å². The third kappa shape index (κ3) is 42.5. The van der Waals surface area contributed by atoms with Crippen molar-refractivity contribution in [2.75, 3.05) is 49.2 Å². The number of aliphatic hydroxyl groups excluding tert-OH is 1. The summed E-state index contributed by atoms with van der Waals surface area (Å²) in [6.07, 6.45) is -5.53. The normalized spacial score (nSPS) is 25.1. The number of aromatic amines is 1. The second-order valence-corrected chi connectivity index (χ2v) is 38.3. The maximum Gasteiger partial charge on any atom is 0.303 e. The smallest absolute Gasteiger partial charge is 0.303 e. The first-order valence-corrected chi connectivity index (χ1v) is 49.3. The van der Waals surface area contributed by atoms with Gasteiger partial charge in [-0.15, -0.1) is 0 Å². The van der Waals surface area contributed by atoms with Gasteiger partial charge in [0, 0.05) is 74.5 Å². The highest BCUT2D eigenvalue weighted by Gasteiger charge is 2.43. The van der Waals surface area contributed by atoms with Crippen LogP contribution in [0, 0.1) is 16.7 Å². The van der Waals surface area contributed by atoms with Gasteiger partial charge in [0.05, 0.1) is 30.6 Å². The highest BCUT2D eigenvalue weighted by atomic mass is 33.1. The number of nitrogens with one attached hydrogen (secondary N) is 21. The number of primary amides is 4. The summed E-state index contributed by atoms with van der Waals surface area (Å²) in [5, 5.41) is 80.7. The number of hydrogen-bond donors (Lipinski definition) is 31. The number of aromatic nitrogens is 2. The fraction of sp³-hybridized carbons (Fsp3) is 0.658.